The summed E-state index contributed by atoms with van der Waals surface area (Å²) in [5, 5.41) is 3.39. The lowest BCUT2D eigenvalue weighted by atomic mass is 10.4. The van der Waals surface area contributed by atoms with Gasteiger partial charge in [0.1, 0.15) is 0 Å². The average molecular weight is 339 g/mol. The second kappa shape index (κ2) is 6.77. The van der Waals surface area contributed by atoms with Crippen molar-refractivity contribution in [1.29, 1.82) is 0 Å². The van der Waals surface area contributed by atoms with E-state index in [9.17, 15) is 0 Å². The molecule has 0 amide bonds. The van der Waals surface area contributed by atoms with Gasteiger partial charge >= 0.3 is 0 Å². The maximum Gasteiger partial charge on any atom is 0.0843 e. The lowest BCUT2D eigenvalue weighted by molar-refractivity contribution is 0.702. The van der Waals surface area contributed by atoms with Crippen molar-refractivity contribution in [3.8, 4) is 0 Å². The van der Waals surface area contributed by atoms with Gasteiger partial charge in [-0.05, 0) is 57.8 Å². The summed E-state index contributed by atoms with van der Waals surface area (Å²) in [6, 6.07) is 2.15. The quantitative estimate of drug-likeness (QED) is 0.622. The lowest BCUT2D eigenvalue weighted by Gasteiger charge is -1.98. The Morgan fingerprint density at radius 2 is 2.29 bits per heavy atom. The average Bonchev–Trinajstić information content (AvgIpc) is 2.46. The summed E-state index contributed by atoms with van der Waals surface area (Å²) >= 11 is 8.72. The van der Waals surface area contributed by atoms with Crippen LogP contribution in [0.2, 0.25) is 0 Å². The molecule has 0 fully saturated rings. The van der Waals surface area contributed by atoms with E-state index in [-0.39, 0.29) is 0 Å². The van der Waals surface area contributed by atoms with E-state index in [1.54, 1.807) is 11.3 Å². The summed E-state index contributed by atoms with van der Waals surface area (Å²) in [6.45, 7) is 4.04. The molecule has 0 aromatic carbocycles. The Balaban J connectivity index is 2.24. The predicted molar refractivity (Wildman–Crippen MR) is 70.9 cm³/mol. The van der Waals surface area contributed by atoms with Crippen LogP contribution in [-0.4, -0.2) is 6.54 Å². The van der Waals surface area contributed by atoms with Gasteiger partial charge in [0.2, 0.25) is 0 Å². The van der Waals surface area contributed by atoms with Gasteiger partial charge in [0.15, 0.2) is 0 Å². The van der Waals surface area contributed by atoms with Crippen LogP contribution < -0.4 is 5.32 Å². The van der Waals surface area contributed by atoms with Gasteiger partial charge in [0.25, 0.3) is 0 Å². The van der Waals surface area contributed by atoms with Crippen molar-refractivity contribution >= 4 is 43.2 Å². The fourth-order valence-corrected chi connectivity index (χ4v) is 3.19. The van der Waals surface area contributed by atoms with Gasteiger partial charge in [0, 0.05) is 15.9 Å². The van der Waals surface area contributed by atoms with E-state index in [4.69, 9.17) is 0 Å². The topological polar surface area (TPSA) is 12.0 Å². The van der Waals surface area contributed by atoms with Crippen molar-refractivity contribution in [3.05, 3.63) is 31.4 Å². The zero-order valence-corrected chi connectivity index (χ0v) is 12.0. The molecule has 0 aliphatic carbocycles. The maximum atomic E-state index is 3.48. The first kappa shape index (κ1) is 12.4. The second-order valence-corrected chi connectivity index (χ2v) is 6.18. The monoisotopic (exact) mass is 337 g/mol. The number of halogens is 2. The molecule has 0 bridgehead atoms. The molecule has 1 rings (SSSR count). The van der Waals surface area contributed by atoms with Crippen LogP contribution in [0.15, 0.2) is 26.5 Å². The highest BCUT2D eigenvalue weighted by atomic mass is 79.9. The fraction of sp³-hybridized carbons (Fsp3) is 0.400. The van der Waals surface area contributed by atoms with E-state index in [0.29, 0.717) is 0 Å². The van der Waals surface area contributed by atoms with Gasteiger partial charge < -0.3 is 5.32 Å². The summed E-state index contributed by atoms with van der Waals surface area (Å²) in [6.07, 6.45) is 5.36. The highest BCUT2D eigenvalue weighted by molar-refractivity contribution is 9.13. The predicted octanol–water partition coefficient (Wildman–Crippen LogP) is 4.33. The van der Waals surface area contributed by atoms with E-state index in [0.717, 1.165) is 24.0 Å². The van der Waals surface area contributed by atoms with Crippen molar-refractivity contribution in [3.63, 3.8) is 0 Å². The summed E-state index contributed by atoms with van der Waals surface area (Å²) in [7, 11) is 0. The van der Waals surface area contributed by atoms with Crippen LogP contribution in [-0.2, 0) is 6.54 Å². The molecular weight excluding hydrogens is 326 g/mol. The molecule has 78 valence electrons. The van der Waals surface area contributed by atoms with E-state index in [2.05, 4.69) is 55.4 Å². The van der Waals surface area contributed by atoms with Gasteiger partial charge in [-0.2, -0.15) is 0 Å². The van der Waals surface area contributed by atoms with Crippen molar-refractivity contribution in [2.45, 2.75) is 19.9 Å². The Kier molecular flexibility index (Phi) is 6.01. The molecule has 1 nitrogen and oxygen atoms in total. The minimum Gasteiger partial charge on any atom is -0.312 e. The van der Waals surface area contributed by atoms with Crippen LogP contribution in [0.1, 0.15) is 18.2 Å². The van der Waals surface area contributed by atoms with Crippen LogP contribution in [0, 0.1) is 0 Å². The number of hydrogen-bond acceptors (Lipinski definition) is 2. The van der Waals surface area contributed by atoms with Gasteiger partial charge in [-0.3, -0.25) is 0 Å². The summed E-state index contributed by atoms with van der Waals surface area (Å²) in [5.41, 5.74) is 0. The van der Waals surface area contributed by atoms with Crippen molar-refractivity contribution in [2.24, 2.45) is 0 Å². The molecule has 0 spiro atoms. The number of thiophene rings is 1. The zero-order chi connectivity index (χ0) is 10.4. The smallest absolute Gasteiger partial charge is 0.0843 e. The third-order valence-electron chi connectivity index (χ3n) is 1.72. The first-order valence-corrected chi connectivity index (χ1v) is 6.90. The fourth-order valence-electron chi connectivity index (χ4n) is 1.04. The minimum atomic E-state index is 0.951. The summed E-state index contributed by atoms with van der Waals surface area (Å²) in [5.74, 6) is 0. The van der Waals surface area contributed by atoms with Gasteiger partial charge in [-0.1, -0.05) is 12.2 Å². The largest absolute Gasteiger partial charge is 0.312 e. The molecule has 0 saturated carbocycles. The van der Waals surface area contributed by atoms with Gasteiger partial charge in [-0.25, -0.2) is 0 Å². The van der Waals surface area contributed by atoms with Crippen molar-refractivity contribution < 1.29 is 0 Å². The number of allylic oxidation sites excluding steroid dienone is 1. The molecule has 1 heterocycles. The normalized spacial score (nSPS) is 11.4. The van der Waals surface area contributed by atoms with E-state index in [1.807, 2.05) is 6.92 Å². The Labute approximate surface area is 106 Å². The minimum absolute atomic E-state index is 0.951. The molecule has 0 atom stereocenters. The third kappa shape index (κ3) is 4.26. The van der Waals surface area contributed by atoms with Crippen LogP contribution >= 0.6 is 43.2 Å². The molecule has 0 aliphatic rings. The van der Waals surface area contributed by atoms with Crippen LogP contribution in [0.25, 0.3) is 0 Å². The third-order valence-corrected chi connectivity index (χ3v) is 4.98. The van der Waals surface area contributed by atoms with Gasteiger partial charge in [0.05, 0.1) is 3.79 Å². The number of rotatable bonds is 5. The number of nitrogens with one attached hydrogen (secondary N) is 1. The van der Waals surface area contributed by atoms with E-state index in [1.165, 1.54) is 8.66 Å². The molecule has 1 aromatic rings. The van der Waals surface area contributed by atoms with Crippen LogP contribution in [0.5, 0.6) is 0 Å². The molecule has 0 saturated heterocycles. The van der Waals surface area contributed by atoms with E-state index < -0.39 is 0 Å². The van der Waals surface area contributed by atoms with Crippen LogP contribution in [0.3, 0.4) is 0 Å². The lowest BCUT2D eigenvalue weighted by Crippen LogP contribution is -2.12. The zero-order valence-electron chi connectivity index (χ0n) is 8.02. The first-order valence-electron chi connectivity index (χ1n) is 4.49. The van der Waals surface area contributed by atoms with E-state index >= 15 is 0 Å². The molecule has 0 aliphatic heterocycles. The summed E-state index contributed by atoms with van der Waals surface area (Å²) in [4.78, 5) is 1.35. The Hall–Kier alpha value is 0.360. The molecule has 0 unspecified atom stereocenters. The molecule has 4 heteroatoms. The highest BCUT2D eigenvalue weighted by Crippen LogP contribution is 2.32. The Bertz CT molecular complexity index is 288. The molecule has 1 aromatic heterocycles. The first-order chi connectivity index (χ1) is 6.74. The highest BCUT2D eigenvalue weighted by Gasteiger charge is 2.02. The summed E-state index contributed by atoms with van der Waals surface area (Å²) < 4.78 is 2.32. The Morgan fingerprint density at radius 1 is 1.50 bits per heavy atom. The SMILES string of the molecule is C/C=C/CCNCc1cc(Br)c(Br)s1. The molecule has 0 radical (unpaired) electrons. The van der Waals surface area contributed by atoms with Gasteiger partial charge in [-0.15, -0.1) is 11.3 Å². The number of hydrogen-bond donors (Lipinski definition) is 1. The Morgan fingerprint density at radius 3 is 2.86 bits per heavy atom. The standard InChI is InChI=1S/C10H13Br2NS/c1-2-3-4-5-13-7-8-6-9(11)10(12)14-8/h2-3,6,13H,4-5,7H2,1H3/b3-2+. The molecule has 14 heavy (non-hydrogen) atoms. The van der Waals surface area contributed by atoms with Crippen LogP contribution in [0.4, 0.5) is 0 Å². The van der Waals surface area contributed by atoms with Crippen molar-refractivity contribution in [2.75, 3.05) is 6.54 Å². The molecule has 1 N–H and O–H groups in total. The van der Waals surface area contributed by atoms with Crippen molar-refractivity contribution in [1.82, 2.24) is 5.32 Å². The maximum absolute atomic E-state index is 3.48. The molecular formula is C10H13Br2NS. The second-order valence-electron chi connectivity index (χ2n) is 2.87.